The molecule has 0 spiro atoms. The van der Waals surface area contributed by atoms with Crippen molar-refractivity contribution in [1.29, 1.82) is 0 Å². The maximum atomic E-state index is 13.6. The maximum absolute atomic E-state index is 13.6. The normalized spacial score (nSPS) is 10.2. The number of rotatable bonds is 3. The molecule has 0 radical (unpaired) electrons. The lowest BCUT2D eigenvalue weighted by molar-refractivity contribution is 0.102. The van der Waals surface area contributed by atoms with Crippen LogP contribution in [0.3, 0.4) is 0 Å². The Labute approximate surface area is 119 Å². The van der Waals surface area contributed by atoms with Crippen LogP contribution in [-0.2, 0) is 0 Å². The monoisotopic (exact) mass is 294 g/mol. The molecule has 0 aliphatic rings. The van der Waals surface area contributed by atoms with Crippen molar-refractivity contribution >= 4 is 28.9 Å². The minimum Gasteiger partial charge on any atom is -0.323 e. The Bertz CT molecular complexity index is 663. The van der Waals surface area contributed by atoms with Crippen LogP contribution in [0.4, 0.5) is 15.8 Å². The van der Waals surface area contributed by atoms with Crippen LogP contribution in [0.2, 0.25) is 5.02 Å². The summed E-state index contributed by atoms with van der Waals surface area (Å²) in [6.07, 6.45) is 1.36. The van der Waals surface area contributed by atoms with Crippen molar-refractivity contribution in [2.45, 2.75) is 6.92 Å². The molecule has 1 aromatic heterocycles. The Hall–Kier alpha value is -2.18. The largest absolute Gasteiger partial charge is 0.323 e. The summed E-state index contributed by atoms with van der Waals surface area (Å²) >= 11 is 5.76. The van der Waals surface area contributed by atoms with Crippen LogP contribution in [0.5, 0.6) is 0 Å². The van der Waals surface area contributed by atoms with Gasteiger partial charge in [-0.15, -0.1) is 0 Å². The van der Waals surface area contributed by atoms with Crippen LogP contribution >= 0.6 is 11.6 Å². The number of hydrogen-bond donors (Lipinski definition) is 3. The third-order valence-electron chi connectivity index (χ3n) is 2.62. The summed E-state index contributed by atoms with van der Waals surface area (Å²) in [6.45, 7) is 1.76. The molecule has 7 heteroatoms. The van der Waals surface area contributed by atoms with E-state index in [1.54, 1.807) is 13.0 Å². The minimum atomic E-state index is -0.579. The van der Waals surface area contributed by atoms with Gasteiger partial charge in [-0.3, -0.25) is 15.6 Å². The van der Waals surface area contributed by atoms with Crippen molar-refractivity contribution in [3.63, 3.8) is 0 Å². The van der Waals surface area contributed by atoms with Gasteiger partial charge in [0, 0.05) is 16.9 Å². The highest BCUT2D eigenvalue weighted by atomic mass is 35.5. The van der Waals surface area contributed by atoms with Crippen LogP contribution in [0.15, 0.2) is 30.5 Å². The number of hydrogen-bond acceptors (Lipinski definition) is 4. The van der Waals surface area contributed by atoms with E-state index >= 15 is 0 Å². The van der Waals surface area contributed by atoms with Crippen LogP contribution in [0.1, 0.15) is 16.1 Å². The highest BCUT2D eigenvalue weighted by Gasteiger charge is 2.14. The highest BCUT2D eigenvalue weighted by molar-refractivity contribution is 6.31. The number of nitrogens with two attached hydrogens (primary N) is 1. The second-order valence-electron chi connectivity index (χ2n) is 4.09. The van der Waals surface area contributed by atoms with Gasteiger partial charge in [-0.2, -0.15) is 0 Å². The van der Waals surface area contributed by atoms with Gasteiger partial charge in [0.25, 0.3) is 5.91 Å². The first-order valence-electron chi connectivity index (χ1n) is 5.71. The number of carbonyl (C=O) groups is 1. The molecule has 5 nitrogen and oxygen atoms in total. The van der Waals surface area contributed by atoms with Crippen LogP contribution < -0.4 is 16.6 Å². The van der Waals surface area contributed by atoms with Gasteiger partial charge in [0.05, 0.1) is 16.9 Å². The Morgan fingerprint density at radius 1 is 1.35 bits per heavy atom. The molecule has 1 aromatic carbocycles. The van der Waals surface area contributed by atoms with E-state index in [0.717, 1.165) is 0 Å². The number of pyridine rings is 1. The summed E-state index contributed by atoms with van der Waals surface area (Å²) in [7, 11) is 0. The molecule has 0 atom stereocenters. The molecule has 20 heavy (non-hydrogen) atoms. The number of aromatic nitrogens is 1. The SMILES string of the molecule is Cc1cc(NN)c(C(=O)Nc2cc(Cl)ccc2F)cn1. The molecule has 0 aliphatic heterocycles. The average Bonchev–Trinajstić information content (AvgIpc) is 2.42. The first kappa shape index (κ1) is 14.2. The van der Waals surface area contributed by atoms with E-state index in [4.69, 9.17) is 17.4 Å². The molecule has 0 saturated carbocycles. The third-order valence-corrected chi connectivity index (χ3v) is 2.85. The van der Waals surface area contributed by atoms with Gasteiger partial charge in [0.2, 0.25) is 0 Å². The van der Waals surface area contributed by atoms with Crippen molar-refractivity contribution in [2.75, 3.05) is 10.7 Å². The fourth-order valence-electron chi connectivity index (χ4n) is 1.64. The summed E-state index contributed by atoms with van der Waals surface area (Å²) in [5, 5.41) is 2.75. The molecule has 1 heterocycles. The van der Waals surface area contributed by atoms with E-state index in [1.165, 1.54) is 24.4 Å². The number of hydrazine groups is 1. The molecule has 0 bridgehead atoms. The number of anilines is 2. The zero-order chi connectivity index (χ0) is 14.7. The number of benzene rings is 1. The number of aryl methyl sites for hydroxylation is 1. The van der Waals surface area contributed by atoms with Gasteiger partial charge in [0.1, 0.15) is 5.82 Å². The molecular weight excluding hydrogens is 283 g/mol. The highest BCUT2D eigenvalue weighted by Crippen LogP contribution is 2.22. The van der Waals surface area contributed by atoms with Crippen molar-refractivity contribution in [2.24, 2.45) is 5.84 Å². The summed E-state index contributed by atoms with van der Waals surface area (Å²) in [5.74, 6) is 4.24. The molecular formula is C13H12ClFN4O. The Kier molecular flexibility index (Phi) is 4.16. The summed E-state index contributed by atoms with van der Waals surface area (Å²) in [6, 6.07) is 5.51. The predicted molar refractivity (Wildman–Crippen MR) is 76.1 cm³/mol. The first-order valence-corrected chi connectivity index (χ1v) is 6.08. The van der Waals surface area contributed by atoms with Gasteiger partial charge in [0.15, 0.2) is 0 Å². The molecule has 4 N–H and O–H groups in total. The summed E-state index contributed by atoms with van der Waals surface area (Å²) < 4.78 is 13.6. The van der Waals surface area contributed by atoms with E-state index in [1.807, 2.05) is 0 Å². The minimum absolute atomic E-state index is 0.00829. The van der Waals surface area contributed by atoms with Gasteiger partial charge >= 0.3 is 0 Å². The molecule has 0 fully saturated rings. The van der Waals surface area contributed by atoms with E-state index in [0.29, 0.717) is 16.4 Å². The van der Waals surface area contributed by atoms with E-state index in [-0.39, 0.29) is 11.3 Å². The van der Waals surface area contributed by atoms with E-state index < -0.39 is 11.7 Å². The average molecular weight is 295 g/mol. The molecule has 1 amide bonds. The zero-order valence-electron chi connectivity index (χ0n) is 10.6. The third kappa shape index (κ3) is 3.04. The molecule has 2 aromatic rings. The Morgan fingerprint density at radius 2 is 2.10 bits per heavy atom. The lowest BCUT2D eigenvalue weighted by Gasteiger charge is -2.10. The lowest BCUT2D eigenvalue weighted by atomic mass is 10.2. The second kappa shape index (κ2) is 5.85. The van der Waals surface area contributed by atoms with Crippen molar-refractivity contribution in [3.05, 3.63) is 52.6 Å². The second-order valence-corrected chi connectivity index (χ2v) is 4.53. The number of amides is 1. The number of nitrogens with zero attached hydrogens (tertiary/aromatic N) is 1. The summed E-state index contributed by atoms with van der Waals surface area (Å²) in [4.78, 5) is 16.1. The molecule has 104 valence electrons. The smallest absolute Gasteiger partial charge is 0.259 e. The van der Waals surface area contributed by atoms with Crippen LogP contribution in [0, 0.1) is 12.7 Å². The number of nitrogen functional groups attached to an aromatic ring is 1. The van der Waals surface area contributed by atoms with Gasteiger partial charge < -0.3 is 10.7 Å². The molecule has 2 rings (SSSR count). The molecule has 0 unspecified atom stereocenters. The fraction of sp³-hybridized carbons (Fsp3) is 0.0769. The molecule has 0 aliphatic carbocycles. The maximum Gasteiger partial charge on any atom is 0.259 e. The predicted octanol–water partition coefficient (Wildman–Crippen LogP) is 2.72. The molecule has 0 saturated heterocycles. The van der Waals surface area contributed by atoms with Crippen LogP contribution in [-0.4, -0.2) is 10.9 Å². The Morgan fingerprint density at radius 3 is 2.80 bits per heavy atom. The first-order chi connectivity index (χ1) is 9.51. The van der Waals surface area contributed by atoms with Gasteiger partial charge in [-0.1, -0.05) is 11.6 Å². The fourth-order valence-corrected chi connectivity index (χ4v) is 1.82. The van der Waals surface area contributed by atoms with E-state index in [2.05, 4.69) is 15.7 Å². The van der Waals surface area contributed by atoms with Crippen molar-refractivity contribution < 1.29 is 9.18 Å². The quantitative estimate of drug-likeness (QED) is 0.600. The van der Waals surface area contributed by atoms with Crippen molar-refractivity contribution in [3.8, 4) is 0 Å². The number of halogens is 2. The van der Waals surface area contributed by atoms with Crippen molar-refractivity contribution in [1.82, 2.24) is 4.98 Å². The number of nitrogens with one attached hydrogen (secondary N) is 2. The number of carbonyl (C=O) groups excluding carboxylic acids is 1. The Balaban J connectivity index is 2.30. The topological polar surface area (TPSA) is 80.0 Å². The standard InChI is InChI=1S/C13H12ClFN4O/c1-7-4-11(19-16)9(6-17-7)13(20)18-12-5-8(14)2-3-10(12)15/h2-6H,16H2,1H3,(H,17,19)(H,18,20). The lowest BCUT2D eigenvalue weighted by Crippen LogP contribution is -2.18. The van der Waals surface area contributed by atoms with Gasteiger partial charge in [-0.25, -0.2) is 4.39 Å². The summed E-state index contributed by atoms with van der Waals surface area (Å²) in [5.41, 5.74) is 3.70. The van der Waals surface area contributed by atoms with Crippen LogP contribution in [0.25, 0.3) is 0 Å². The zero-order valence-corrected chi connectivity index (χ0v) is 11.3. The van der Waals surface area contributed by atoms with E-state index in [9.17, 15) is 9.18 Å². The van der Waals surface area contributed by atoms with Gasteiger partial charge in [-0.05, 0) is 31.2 Å².